The largest absolute Gasteiger partial charge is 0.391 e. The Labute approximate surface area is 203 Å². The van der Waals surface area contributed by atoms with Crippen LogP contribution < -0.4 is 11.1 Å². The summed E-state index contributed by atoms with van der Waals surface area (Å²) in [5.41, 5.74) is 10.5. The molecule has 4 N–H and O–H groups in total. The number of carbonyl (C=O) groups is 1. The molecular formula is C29H37N3O2. The van der Waals surface area contributed by atoms with E-state index >= 15 is 0 Å². The van der Waals surface area contributed by atoms with Gasteiger partial charge in [0, 0.05) is 24.2 Å². The normalized spacial score (nSPS) is 14.3. The first-order valence-electron chi connectivity index (χ1n) is 12.0. The van der Waals surface area contributed by atoms with Crippen molar-refractivity contribution in [2.24, 2.45) is 11.1 Å². The zero-order chi connectivity index (χ0) is 24.6. The molecule has 34 heavy (non-hydrogen) atoms. The van der Waals surface area contributed by atoms with Gasteiger partial charge in [0.2, 0.25) is 5.91 Å². The Hall–Kier alpha value is -3.02. The molecule has 3 unspecified atom stereocenters. The summed E-state index contributed by atoms with van der Waals surface area (Å²) in [5.74, 6) is -0.0498. The van der Waals surface area contributed by atoms with Gasteiger partial charge in [0.05, 0.1) is 17.8 Å². The molecule has 0 saturated carbocycles. The van der Waals surface area contributed by atoms with E-state index in [2.05, 4.69) is 22.4 Å². The van der Waals surface area contributed by atoms with Crippen LogP contribution in [0.4, 0.5) is 0 Å². The maximum Gasteiger partial charge on any atom is 0.220 e. The van der Waals surface area contributed by atoms with E-state index in [1.165, 1.54) is 0 Å². The summed E-state index contributed by atoms with van der Waals surface area (Å²) < 4.78 is 0. The molecule has 180 valence electrons. The number of amides is 1. The maximum atomic E-state index is 12.6. The SMILES string of the molecule is CC(C)(C)CC(=O)NC(Cc1ccccc1)C(O)CC(N)Cc1ccc(-c2ccccn2)cc1. The van der Waals surface area contributed by atoms with E-state index in [0.717, 1.165) is 22.4 Å². The van der Waals surface area contributed by atoms with E-state index < -0.39 is 12.1 Å². The van der Waals surface area contributed by atoms with Crippen LogP contribution in [-0.2, 0) is 17.6 Å². The zero-order valence-electron chi connectivity index (χ0n) is 20.4. The highest BCUT2D eigenvalue weighted by molar-refractivity contribution is 5.77. The second-order valence-electron chi connectivity index (χ2n) is 10.3. The van der Waals surface area contributed by atoms with Gasteiger partial charge in [-0.25, -0.2) is 0 Å². The molecular weight excluding hydrogens is 422 g/mol. The maximum absolute atomic E-state index is 12.6. The predicted octanol–water partition coefficient (Wildman–Crippen LogP) is 4.53. The second-order valence-corrected chi connectivity index (χ2v) is 10.3. The molecule has 3 aromatic rings. The van der Waals surface area contributed by atoms with Gasteiger partial charge < -0.3 is 16.2 Å². The highest BCUT2D eigenvalue weighted by atomic mass is 16.3. The number of nitrogens with zero attached hydrogens (tertiary/aromatic N) is 1. The fraction of sp³-hybridized carbons (Fsp3) is 0.379. The first kappa shape index (κ1) is 25.6. The summed E-state index contributed by atoms with van der Waals surface area (Å²) in [4.78, 5) is 17.0. The van der Waals surface area contributed by atoms with Crippen LogP contribution in [0.15, 0.2) is 79.0 Å². The highest BCUT2D eigenvalue weighted by Gasteiger charge is 2.26. The van der Waals surface area contributed by atoms with Gasteiger partial charge in [-0.15, -0.1) is 0 Å². The quantitative estimate of drug-likeness (QED) is 0.416. The Morgan fingerprint density at radius 2 is 1.59 bits per heavy atom. The van der Waals surface area contributed by atoms with Gasteiger partial charge in [0.1, 0.15) is 0 Å². The average Bonchev–Trinajstić information content (AvgIpc) is 2.79. The number of nitrogens with two attached hydrogens (primary N) is 1. The molecule has 0 radical (unpaired) electrons. The third-order valence-electron chi connectivity index (χ3n) is 5.76. The van der Waals surface area contributed by atoms with Gasteiger partial charge in [-0.3, -0.25) is 9.78 Å². The average molecular weight is 460 g/mol. The number of hydrogen-bond donors (Lipinski definition) is 3. The summed E-state index contributed by atoms with van der Waals surface area (Å²) in [6, 6.07) is 23.4. The van der Waals surface area contributed by atoms with Gasteiger partial charge in [0.25, 0.3) is 0 Å². The molecule has 1 heterocycles. The van der Waals surface area contributed by atoms with E-state index in [4.69, 9.17) is 5.73 Å². The minimum Gasteiger partial charge on any atom is -0.391 e. The molecule has 0 aliphatic rings. The minimum absolute atomic E-state index is 0.0498. The molecule has 3 rings (SSSR count). The van der Waals surface area contributed by atoms with Gasteiger partial charge in [-0.1, -0.05) is 81.4 Å². The Morgan fingerprint density at radius 3 is 2.21 bits per heavy atom. The van der Waals surface area contributed by atoms with E-state index in [9.17, 15) is 9.90 Å². The lowest BCUT2D eigenvalue weighted by Gasteiger charge is -2.28. The van der Waals surface area contributed by atoms with Gasteiger partial charge in [-0.05, 0) is 47.9 Å². The third-order valence-corrected chi connectivity index (χ3v) is 5.76. The molecule has 0 fully saturated rings. The van der Waals surface area contributed by atoms with E-state index in [0.29, 0.717) is 25.7 Å². The van der Waals surface area contributed by atoms with E-state index in [1.54, 1.807) is 6.20 Å². The number of rotatable bonds is 10. The van der Waals surface area contributed by atoms with Crippen molar-refractivity contribution < 1.29 is 9.90 Å². The summed E-state index contributed by atoms with van der Waals surface area (Å²) in [7, 11) is 0. The molecule has 1 amide bonds. The molecule has 0 aliphatic carbocycles. The summed E-state index contributed by atoms with van der Waals surface area (Å²) in [6.07, 6.45) is 3.05. The first-order valence-corrected chi connectivity index (χ1v) is 12.0. The number of pyridine rings is 1. The molecule has 1 aromatic heterocycles. The van der Waals surface area contributed by atoms with Crippen LogP contribution in [0.5, 0.6) is 0 Å². The third kappa shape index (κ3) is 8.40. The molecule has 5 heteroatoms. The summed E-state index contributed by atoms with van der Waals surface area (Å²) >= 11 is 0. The van der Waals surface area contributed by atoms with Crippen molar-refractivity contribution in [1.29, 1.82) is 0 Å². The fourth-order valence-electron chi connectivity index (χ4n) is 4.10. The number of aliphatic hydroxyl groups is 1. The molecule has 5 nitrogen and oxygen atoms in total. The second kappa shape index (κ2) is 11.9. The van der Waals surface area contributed by atoms with Gasteiger partial charge in [-0.2, -0.15) is 0 Å². The van der Waals surface area contributed by atoms with E-state index in [-0.39, 0.29) is 17.4 Å². The number of carbonyl (C=O) groups excluding carboxylic acids is 1. The van der Waals surface area contributed by atoms with Crippen molar-refractivity contribution in [3.8, 4) is 11.3 Å². The number of aromatic nitrogens is 1. The van der Waals surface area contributed by atoms with Crippen LogP contribution >= 0.6 is 0 Å². The molecule has 0 bridgehead atoms. The van der Waals surface area contributed by atoms with Crippen LogP contribution in [0, 0.1) is 5.41 Å². The van der Waals surface area contributed by atoms with Crippen LogP contribution in [0.2, 0.25) is 0 Å². The molecule has 3 atom stereocenters. The molecule has 2 aromatic carbocycles. The fourth-order valence-corrected chi connectivity index (χ4v) is 4.10. The van der Waals surface area contributed by atoms with Crippen molar-refractivity contribution >= 4 is 5.91 Å². The lowest BCUT2D eigenvalue weighted by molar-refractivity contribution is -0.124. The minimum atomic E-state index is -0.744. The Kier molecular flexibility index (Phi) is 8.97. The summed E-state index contributed by atoms with van der Waals surface area (Å²) in [6.45, 7) is 6.10. The van der Waals surface area contributed by atoms with Crippen molar-refractivity contribution in [3.05, 3.63) is 90.1 Å². The Morgan fingerprint density at radius 1 is 0.941 bits per heavy atom. The van der Waals surface area contributed by atoms with Gasteiger partial charge in [0.15, 0.2) is 0 Å². The molecule has 0 aliphatic heterocycles. The van der Waals surface area contributed by atoms with Crippen molar-refractivity contribution in [3.63, 3.8) is 0 Å². The van der Waals surface area contributed by atoms with Crippen molar-refractivity contribution in [2.75, 3.05) is 0 Å². The monoisotopic (exact) mass is 459 g/mol. The smallest absolute Gasteiger partial charge is 0.220 e. The number of hydrogen-bond acceptors (Lipinski definition) is 4. The number of aliphatic hydroxyl groups excluding tert-OH is 1. The first-order chi connectivity index (χ1) is 16.2. The lowest BCUT2D eigenvalue weighted by atomic mass is 9.90. The zero-order valence-corrected chi connectivity index (χ0v) is 20.4. The van der Waals surface area contributed by atoms with Crippen LogP contribution in [0.1, 0.15) is 44.7 Å². The lowest BCUT2D eigenvalue weighted by Crippen LogP contribution is -2.47. The summed E-state index contributed by atoms with van der Waals surface area (Å²) in [5, 5.41) is 14.1. The van der Waals surface area contributed by atoms with Gasteiger partial charge >= 0.3 is 0 Å². The van der Waals surface area contributed by atoms with E-state index in [1.807, 2.05) is 81.4 Å². The van der Waals surface area contributed by atoms with Crippen molar-refractivity contribution in [1.82, 2.24) is 10.3 Å². The number of benzene rings is 2. The van der Waals surface area contributed by atoms with Crippen LogP contribution in [0.3, 0.4) is 0 Å². The Balaban J connectivity index is 1.62. The standard InChI is InChI=1S/C29H37N3O2/c1-29(2,3)20-28(34)32-26(18-21-9-5-4-6-10-21)27(33)19-24(30)17-22-12-14-23(15-13-22)25-11-7-8-16-31-25/h4-16,24,26-27,33H,17-20,30H2,1-3H3,(H,32,34). The molecule has 0 saturated heterocycles. The highest BCUT2D eigenvalue weighted by Crippen LogP contribution is 2.20. The Bertz CT molecular complexity index is 1010. The number of nitrogens with one attached hydrogen (secondary N) is 1. The predicted molar refractivity (Wildman–Crippen MR) is 138 cm³/mol. The topological polar surface area (TPSA) is 88.2 Å². The van der Waals surface area contributed by atoms with Crippen LogP contribution in [-0.4, -0.2) is 34.2 Å². The molecule has 0 spiro atoms. The van der Waals surface area contributed by atoms with Crippen LogP contribution in [0.25, 0.3) is 11.3 Å². The van der Waals surface area contributed by atoms with Crippen molar-refractivity contribution in [2.45, 2.75) is 64.6 Å².